The van der Waals surface area contributed by atoms with E-state index in [9.17, 15) is 14.4 Å². The first-order valence-corrected chi connectivity index (χ1v) is 14.3. The standard InChI is InChI=1S/C29H42N4O4/c1-3-20-18-33(26-24(34)19-37-27(20)26)29(36)25(21-8-6-5-7-9-21)30-28(35)22-10-12-23(13-11-22)32-16-14-31(4-2)15-17-32/h10-13,20-21,25-27H,3-9,14-19H2,1-2H3,(H,30,35)/t20-,25+,26-,27-/m1/s1. The van der Waals surface area contributed by atoms with Crippen LogP contribution in [0.5, 0.6) is 0 Å². The number of benzene rings is 1. The van der Waals surface area contributed by atoms with Crippen LogP contribution in [0.4, 0.5) is 5.69 Å². The highest BCUT2D eigenvalue weighted by Gasteiger charge is 2.53. The summed E-state index contributed by atoms with van der Waals surface area (Å²) in [5.74, 6) is -0.0948. The number of hydrogen-bond donors (Lipinski definition) is 1. The van der Waals surface area contributed by atoms with Gasteiger partial charge in [0.15, 0.2) is 5.78 Å². The van der Waals surface area contributed by atoms with E-state index < -0.39 is 12.1 Å². The third-order valence-electron chi connectivity index (χ3n) is 9.09. The van der Waals surface area contributed by atoms with Gasteiger partial charge in [0.2, 0.25) is 5.91 Å². The molecule has 202 valence electrons. The van der Waals surface area contributed by atoms with Gasteiger partial charge in [0.1, 0.15) is 18.7 Å². The maximum Gasteiger partial charge on any atom is 0.251 e. The van der Waals surface area contributed by atoms with Crippen LogP contribution in [-0.4, -0.2) is 91.5 Å². The third-order valence-corrected chi connectivity index (χ3v) is 9.09. The molecule has 4 fully saturated rings. The SMILES string of the molecule is CC[C@@H]1CN(C(=O)[C@@H](NC(=O)c2ccc(N3CCN(CC)CC3)cc2)C2CCCCC2)[C@@H]2C(=O)CO[C@H]12. The molecule has 3 heterocycles. The van der Waals surface area contributed by atoms with Crippen LogP contribution in [-0.2, 0) is 14.3 Å². The van der Waals surface area contributed by atoms with Gasteiger partial charge in [-0.05, 0) is 56.0 Å². The molecule has 4 aliphatic rings. The van der Waals surface area contributed by atoms with E-state index in [1.807, 2.05) is 24.3 Å². The second-order valence-electron chi connectivity index (χ2n) is 11.2. The molecular weight excluding hydrogens is 468 g/mol. The number of likely N-dealkylation sites (N-methyl/N-ethyl adjacent to an activating group) is 1. The maximum absolute atomic E-state index is 14.0. The first-order chi connectivity index (χ1) is 18.0. The van der Waals surface area contributed by atoms with Crippen molar-refractivity contribution < 1.29 is 19.1 Å². The molecule has 1 N–H and O–H groups in total. The lowest BCUT2D eigenvalue weighted by Gasteiger charge is -2.35. The minimum Gasteiger partial charge on any atom is -0.369 e. The van der Waals surface area contributed by atoms with Crippen molar-refractivity contribution in [2.24, 2.45) is 11.8 Å². The lowest BCUT2D eigenvalue weighted by atomic mass is 9.83. The molecule has 1 aromatic rings. The van der Waals surface area contributed by atoms with Gasteiger partial charge in [-0.1, -0.05) is 33.1 Å². The van der Waals surface area contributed by atoms with Crippen molar-refractivity contribution in [2.45, 2.75) is 70.6 Å². The Hall–Kier alpha value is -2.45. The monoisotopic (exact) mass is 510 g/mol. The molecule has 8 nitrogen and oxygen atoms in total. The number of rotatable bonds is 7. The number of Topliss-reactive ketones (excluding diaryl/α,β-unsaturated/α-hetero) is 1. The predicted molar refractivity (Wildman–Crippen MR) is 143 cm³/mol. The molecule has 3 aliphatic heterocycles. The van der Waals surface area contributed by atoms with Crippen molar-refractivity contribution in [1.82, 2.24) is 15.1 Å². The summed E-state index contributed by atoms with van der Waals surface area (Å²) in [6.07, 6.45) is 5.78. The molecule has 0 bridgehead atoms. The largest absolute Gasteiger partial charge is 0.369 e. The molecule has 1 saturated carbocycles. The Balaban J connectivity index is 1.30. The van der Waals surface area contributed by atoms with Crippen LogP contribution in [0, 0.1) is 11.8 Å². The van der Waals surface area contributed by atoms with E-state index in [0.29, 0.717) is 12.1 Å². The molecule has 3 saturated heterocycles. The number of hydrogen-bond acceptors (Lipinski definition) is 6. The molecule has 2 amide bonds. The van der Waals surface area contributed by atoms with Crippen LogP contribution < -0.4 is 10.2 Å². The Morgan fingerprint density at radius 1 is 1.03 bits per heavy atom. The summed E-state index contributed by atoms with van der Waals surface area (Å²) in [6, 6.07) is 6.64. The summed E-state index contributed by atoms with van der Waals surface area (Å²) in [6.45, 7) is 10.0. The molecular formula is C29H42N4O4. The fraction of sp³-hybridized carbons (Fsp3) is 0.690. The van der Waals surface area contributed by atoms with E-state index >= 15 is 0 Å². The van der Waals surface area contributed by atoms with E-state index in [4.69, 9.17) is 4.74 Å². The predicted octanol–water partition coefficient (Wildman–Crippen LogP) is 2.71. The quantitative estimate of drug-likeness (QED) is 0.608. The van der Waals surface area contributed by atoms with Crippen molar-refractivity contribution in [3.8, 4) is 0 Å². The number of nitrogens with zero attached hydrogens (tertiary/aromatic N) is 3. The topological polar surface area (TPSA) is 82.2 Å². The fourth-order valence-corrected chi connectivity index (χ4v) is 6.74. The summed E-state index contributed by atoms with van der Waals surface area (Å²) < 4.78 is 5.78. The number of anilines is 1. The first-order valence-electron chi connectivity index (χ1n) is 14.3. The van der Waals surface area contributed by atoms with Gasteiger partial charge >= 0.3 is 0 Å². The van der Waals surface area contributed by atoms with Gasteiger partial charge in [-0.2, -0.15) is 0 Å². The summed E-state index contributed by atoms with van der Waals surface area (Å²) in [7, 11) is 0. The summed E-state index contributed by atoms with van der Waals surface area (Å²) in [5, 5.41) is 3.12. The summed E-state index contributed by atoms with van der Waals surface area (Å²) in [4.78, 5) is 46.6. The number of amides is 2. The van der Waals surface area contributed by atoms with Crippen LogP contribution >= 0.6 is 0 Å². The number of piperazine rings is 1. The molecule has 0 radical (unpaired) electrons. The normalized spacial score (nSPS) is 27.8. The van der Waals surface area contributed by atoms with E-state index in [1.165, 1.54) is 0 Å². The van der Waals surface area contributed by atoms with Crippen LogP contribution in [0.25, 0.3) is 0 Å². The van der Waals surface area contributed by atoms with E-state index in [1.54, 1.807) is 4.90 Å². The third kappa shape index (κ3) is 5.41. The van der Waals surface area contributed by atoms with Crippen LogP contribution in [0.2, 0.25) is 0 Å². The van der Waals surface area contributed by atoms with Gasteiger partial charge in [0, 0.05) is 49.9 Å². The lowest BCUT2D eigenvalue weighted by Crippen LogP contribution is -2.55. The molecule has 0 unspecified atom stereocenters. The van der Waals surface area contributed by atoms with Gasteiger partial charge in [0.05, 0.1) is 6.10 Å². The Bertz CT molecular complexity index is 969. The zero-order chi connectivity index (χ0) is 25.9. The lowest BCUT2D eigenvalue weighted by molar-refractivity contribution is -0.139. The average Bonchev–Trinajstić information content (AvgIpc) is 3.52. The van der Waals surface area contributed by atoms with Crippen molar-refractivity contribution in [2.75, 3.05) is 50.8 Å². The van der Waals surface area contributed by atoms with Crippen molar-refractivity contribution in [3.63, 3.8) is 0 Å². The Kier molecular flexibility index (Phi) is 8.15. The summed E-state index contributed by atoms with van der Waals surface area (Å²) >= 11 is 0. The molecule has 4 atom stereocenters. The van der Waals surface area contributed by atoms with Crippen molar-refractivity contribution in [3.05, 3.63) is 29.8 Å². The van der Waals surface area contributed by atoms with E-state index in [2.05, 4.69) is 29.0 Å². The fourth-order valence-electron chi connectivity index (χ4n) is 6.74. The maximum atomic E-state index is 14.0. The number of carbonyl (C=O) groups excluding carboxylic acids is 3. The van der Waals surface area contributed by atoms with Gasteiger partial charge in [0.25, 0.3) is 5.91 Å². The van der Waals surface area contributed by atoms with Crippen LogP contribution in [0.15, 0.2) is 24.3 Å². The second kappa shape index (κ2) is 11.5. The number of ketones is 1. The summed E-state index contributed by atoms with van der Waals surface area (Å²) in [5.41, 5.74) is 1.69. The molecule has 1 aliphatic carbocycles. The van der Waals surface area contributed by atoms with E-state index in [-0.39, 0.29) is 42.1 Å². The highest BCUT2D eigenvalue weighted by atomic mass is 16.5. The number of carbonyl (C=O) groups is 3. The van der Waals surface area contributed by atoms with Crippen molar-refractivity contribution in [1.29, 1.82) is 0 Å². The van der Waals surface area contributed by atoms with Crippen molar-refractivity contribution >= 4 is 23.3 Å². The van der Waals surface area contributed by atoms with Gasteiger partial charge < -0.3 is 24.8 Å². The zero-order valence-corrected chi connectivity index (χ0v) is 22.4. The average molecular weight is 511 g/mol. The minimum absolute atomic E-state index is 0.0154. The number of fused-ring (bicyclic) bond motifs is 1. The number of nitrogens with one attached hydrogen (secondary N) is 1. The van der Waals surface area contributed by atoms with Gasteiger partial charge in [-0.15, -0.1) is 0 Å². The Morgan fingerprint density at radius 2 is 1.73 bits per heavy atom. The number of ether oxygens (including phenoxy) is 1. The number of likely N-dealkylation sites (tertiary alicyclic amines) is 1. The second-order valence-corrected chi connectivity index (χ2v) is 11.2. The van der Waals surface area contributed by atoms with Crippen LogP contribution in [0.3, 0.4) is 0 Å². The Labute approximate surface area is 220 Å². The zero-order valence-electron chi connectivity index (χ0n) is 22.4. The smallest absolute Gasteiger partial charge is 0.251 e. The molecule has 5 rings (SSSR count). The molecule has 37 heavy (non-hydrogen) atoms. The van der Waals surface area contributed by atoms with Gasteiger partial charge in [-0.25, -0.2) is 0 Å². The first kappa shape index (κ1) is 26.2. The molecule has 1 aromatic carbocycles. The van der Waals surface area contributed by atoms with Gasteiger partial charge in [-0.3, -0.25) is 14.4 Å². The minimum atomic E-state index is -0.612. The van der Waals surface area contributed by atoms with E-state index in [0.717, 1.165) is 76.9 Å². The molecule has 8 heteroatoms. The van der Waals surface area contributed by atoms with Crippen LogP contribution in [0.1, 0.15) is 62.7 Å². The Morgan fingerprint density at radius 3 is 2.38 bits per heavy atom. The molecule has 0 aromatic heterocycles. The highest BCUT2D eigenvalue weighted by molar-refractivity contribution is 5.99. The highest BCUT2D eigenvalue weighted by Crippen LogP contribution is 2.36. The molecule has 0 spiro atoms.